The lowest BCUT2D eigenvalue weighted by atomic mass is 10.1. The van der Waals surface area contributed by atoms with Gasteiger partial charge in [0.25, 0.3) is 5.91 Å². The number of rotatable bonds is 5. The fraction of sp³-hybridized carbons (Fsp3) is 0.312. The predicted molar refractivity (Wildman–Crippen MR) is 90.3 cm³/mol. The van der Waals surface area contributed by atoms with Crippen LogP contribution < -0.4 is 19.8 Å². The molecule has 2 N–H and O–H groups in total. The first kappa shape index (κ1) is 16.3. The Labute approximate surface area is 142 Å². The number of para-hydroxylation sites is 2. The number of aromatic amines is 1. The number of ether oxygens (including phenoxy) is 1. The molecular weight excluding hydrogens is 330 g/mol. The average molecular weight is 347 g/mol. The molecule has 0 saturated heterocycles. The summed E-state index contributed by atoms with van der Waals surface area (Å²) in [5.74, 6) is 0.288. The Kier molecular flexibility index (Phi) is 4.66. The van der Waals surface area contributed by atoms with E-state index in [1.54, 1.807) is 29.3 Å². The van der Waals surface area contributed by atoms with Crippen molar-refractivity contribution in [3.05, 3.63) is 45.0 Å². The van der Waals surface area contributed by atoms with Crippen molar-refractivity contribution in [1.29, 1.82) is 0 Å². The van der Waals surface area contributed by atoms with Crippen molar-refractivity contribution in [2.24, 2.45) is 0 Å². The van der Waals surface area contributed by atoms with Crippen LogP contribution in [0.2, 0.25) is 0 Å². The van der Waals surface area contributed by atoms with Crippen molar-refractivity contribution in [3.63, 3.8) is 0 Å². The number of carbonyl (C=O) groups is 2. The van der Waals surface area contributed by atoms with Gasteiger partial charge < -0.3 is 19.9 Å². The summed E-state index contributed by atoms with van der Waals surface area (Å²) in [4.78, 5) is 39.4. The van der Waals surface area contributed by atoms with Crippen molar-refractivity contribution >= 4 is 28.8 Å². The maximum Gasteiger partial charge on any atom is 0.304 e. The highest BCUT2D eigenvalue weighted by molar-refractivity contribution is 7.07. The minimum absolute atomic E-state index is 0.149. The van der Waals surface area contributed by atoms with E-state index in [2.05, 4.69) is 10.3 Å². The first-order valence-corrected chi connectivity index (χ1v) is 8.43. The minimum atomic E-state index is -0.571. The fourth-order valence-corrected chi connectivity index (χ4v) is 3.07. The Morgan fingerprint density at radius 1 is 1.38 bits per heavy atom. The molecule has 1 aliphatic rings. The number of amides is 2. The number of nitrogens with one attached hydrogen (secondary N) is 2. The molecule has 0 bridgehead atoms. The van der Waals surface area contributed by atoms with Gasteiger partial charge in [0.1, 0.15) is 5.75 Å². The summed E-state index contributed by atoms with van der Waals surface area (Å²) >= 11 is 1.06. The number of H-pyrrole nitrogens is 1. The van der Waals surface area contributed by atoms with Crippen molar-refractivity contribution in [1.82, 2.24) is 10.3 Å². The van der Waals surface area contributed by atoms with Gasteiger partial charge in [-0.2, -0.15) is 0 Å². The van der Waals surface area contributed by atoms with E-state index in [1.807, 2.05) is 12.1 Å². The van der Waals surface area contributed by atoms with E-state index in [9.17, 15) is 14.4 Å². The lowest BCUT2D eigenvalue weighted by Gasteiger charge is -2.32. The molecule has 126 valence electrons. The van der Waals surface area contributed by atoms with Crippen LogP contribution in [0.1, 0.15) is 19.0 Å². The summed E-state index contributed by atoms with van der Waals surface area (Å²) in [6.45, 7) is 2.23. The molecule has 24 heavy (non-hydrogen) atoms. The zero-order valence-electron chi connectivity index (χ0n) is 13.1. The van der Waals surface area contributed by atoms with Crippen LogP contribution in [0.5, 0.6) is 5.75 Å². The molecule has 0 radical (unpaired) electrons. The molecule has 1 atom stereocenters. The number of nitrogens with zero attached hydrogens (tertiary/aromatic N) is 1. The Morgan fingerprint density at radius 3 is 2.92 bits per heavy atom. The normalized spacial score (nSPS) is 16.5. The van der Waals surface area contributed by atoms with Gasteiger partial charge in [0.05, 0.1) is 12.2 Å². The van der Waals surface area contributed by atoms with Crippen LogP contribution in [-0.2, 0) is 16.1 Å². The number of benzene rings is 1. The van der Waals surface area contributed by atoms with E-state index in [1.165, 1.54) is 0 Å². The number of carbonyl (C=O) groups excluding carboxylic acids is 2. The molecule has 7 nitrogen and oxygen atoms in total. The summed E-state index contributed by atoms with van der Waals surface area (Å²) < 4.78 is 5.56. The second kappa shape index (κ2) is 6.88. The number of fused-ring (bicyclic) bond motifs is 1. The molecule has 3 rings (SSSR count). The zero-order valence-corrected chi connectivity index (χ0v) is 13.9. The summed E-state index contributed by atoms with van der Waals surface area (Å²) in [7, 11) is 0. The fourth-order valence-electron chi connectivity index (χ4n) is 2.49. The maximum atomic E-state index is 12.3. The highest BCUT2D eigenvalue weighted by Gasteiger charge is 2.31. The highest BCUT2D eigenvalue weighted by Crippen LogP contribution is 2.33. The third kappa shape index (κ3) is 3.48. The topological polar surface area (TPSA) is 91.5 Å². The Morgan fingerprint density at radius 2 is 2.17 bits per heavy atom. The lowest BCUT2D eigenvalue weighted by molar-refractivity contribution is -0.125. The molecule has 2 amide bonds. The van der Waals surface area contributed by atoms with E-state index in [4.69, 9.17) is 4.74 Å². The predicted octanol–water partition coefficient (Wildman–Crippen LogP) is 1.26. The van der Waals surface area contributed by atoms with Gasteiger partial charge in [0, 0.05) is 24.0 Å². The van der Waals surface area contributed by atoms with Crippen LogP contribution in [0, 0.1) is 0 Å². The Balaban J connectivity index is 1.60. The molecular formula is C16H17N3O4S. The third-order valence-corrected chi connectivity index (χ3v) is 4.40. The van der Waals surface area contributed by atoms with E-state index in [0.717, 1.165) is 11.3 Å². The van der Waals surface area contributed by atoms with Crippen LogP contribution in [0.15, 0.2) is 34.4 Å². The van der Waals surface area contributed by atoms with Crippen LogP contribution in [0.3, 0.4) is 0 Å². The molecule has 1 aromatic carbocycles. The standard InChI is InChI=1S/C16H17N3O4S/c1-10-15(21)19(12-4-2-3-5-13(12)23-10)7-6-14(20)17-8-11-9-24-16(22)18-11/h2-5,9-10H,6-8H2,1H3,(H,17,20)(H,18,22). The molecule has 8 heteroatoms. The summed E-state index contributed by atoms with van der Waals surface area (Å²) in [5.41, 5.74) is 1.34. The van der Waals surface area contributed by atoms with E-state index in [0.29, 0.717) is 17.1 Å². The van der Waals surface area contributed by atoms with Crippen LogP contribution in [0.25, 0.3) is 0 Å². The number of hydrogen-bond acceptors (Lipinski definition) is 5. The average Bonchev–Trinajstić information content (AvgIpc) is 2.99. The van der Waals surface area contributed by atoms with Gasteiger partial charge in [-0.1, -0.05) is 23.5 Å². The quantitative estimate of drug-likeness (QED) is 0.852. The summed E-state index contributed by atoms with van der Waals surface area (Å²) in [6, 6.07) is 7.27. The van der Waals surface area contributed by atoms with E-state index < -0.39 is 6.10 Å². The number of aromatic nitrogens is 1. The summed E-state index contributed by atoms with van der Waals surface area (Å²) in [5, 5.41) is 4.40. The number of anilines is 1. The molecule has 0 saturated carbocycles. The monoisotopic (exact) mass is 347 g/mol. The smallest absolute Gasteiger partial charge is 0.304 e. The highest BCUT2D eigenvalue weighted by atomic mass is 32.1. The first-order chi connectivity index (χ1) is 11.5. The molecule has 0 spiro atoms. The van der Waals surface area contributed by atoms with Gasteiger partial charge in [-0.05, 0) is 19.1 Å². The zero-order chi connectivity index (χ0) is 17.1. The van der Waals surface area contributed by atoms with Gasteiger partial charge in [-0.25, -0.2) is 0 Å². The van der Waals surface area contributed by atoms with Crippen molar-refractivity contribution in [2.45, 2.75) is 26.0 Å². The molecule has 2 heterocycles. The number of hydrogen-bond donors (Lipinski definition) is 2. The molecule has 1 aliphatic heterocycles. The van der Waals surface area contributed by atoms with E-state index in [-0.39, 0.29) is 36.2 Å². The molecule has 1 unspecified atom stereocenters. The van der Waals surface area contributed by atoms with Gasteiger partial charge in [-0.15, -0.1) is 0 Å². The van der Waals surface area contributed by atoms with Gasteiger partial charge in [0.2, 0.25) is 5.91 Å². The van der Waals surface area contributed by atoms with Gasteiger partial charge in [0.15, 0.2) is 6.10 Å². The van der Waals surface area contributed by atoms with Crippen LogP contribution in [-0.4, -0.2) is 29.4 Å². The second-order valence-electron chi connectivity index (χ2n) is 5.42. The van der Waals surface area contributed by atoms with E-state index >= 15 is 0 Å². The Bertz CT molecular complexity index is 813. The third-order valence-electron chi connectivity index (χ3n) is 3.68. The minimum Gasteiger partial charge on any atom is -0.479 e. The summed E-state index contributed by atoms with van der Waals surface area (Å²) in [6.07, 6.45) is -0.403. The largest absolute Gasteiger partial charge is 0.479 e. The maximum absolute atomic E-state index is 12.3. The van der Waals surface area contributed by atoms with Crippen LogP contribution in [0.4, 0.5) is 5.69 Å². The second-order valence-corrected chi connectivity index (χ2v) is 6.26. The SMILES string of the molecule is CC1Oc2ccccc2N(CCC(=O)NCc2csc(=O)[nH]2)C1=O. The molecule has 0 aliphatic carbocycles. The van der Waals surface area contributed by atoms with Crippen LogP contribution >= 0.6 is 11.3 Å². The van der Waals surface area contributed by atoms with Gasteiger partial charge >= 0.3 is 4.87 Å². The molecule has 0 fully saturated rings. The first-order valence-electron chi connectivity index (χ1n) is 7.55. The molecule has 1 aromatic heterocycles. The van der Waals surface area contributed by atoms with Crippen molar-refractivity contribution in [3.8, 4) is 5.75 Å². The van der Waals surface area contributed by atoms with Crippen molar-refractivity contribution < 1.29 is 14.3 Å². The molecule has 2 aromatic rings. The number of thiazole rings is 1. The van der Waals surface area contributed by atoms with Gasteiger partial charge in [-0.3, -0.25) is 14.4 Å². The Hall–Kier alpha value is -2.61. The lowest BCUT2D eigenvalue weighted by Crippen LogP contribution is -2.45. The van der Waals surface area contributed by atoms with Crippen molar-refractivity contribution in [2.75, 3.05) is 11.4 Å².